The molecule has 4 aromatic rings. The van der Waals surface area contributed by atoms with Crippen molar-refractivity contribution in [3.8, 4) is 22.9 Å². The predicted molar refractivity (Wildman–Crippen MR) is 149 cm³/mol. The van der Waals surface area contributed by atoms with Gasteiger partial charge in [0.1, 0.15) is 17.7 Å². The van der Waals surface area contributed by atoms with Crippen molar-refractivity contribution < 1.29 is 35.1 Å². The van der Waals surface area contributed by atoms with E-state index in [2.05, 4.69) is 25.6 Å². The van der Waals surface area contributed by atoms with Crippen LogP contribution in [-0.2, 0) is 15.8 Å². The van der Waals surface area contributed by atoms with Crippen molar-refractivity contribution in [3.05, 3.63) is 88.7 Å². The zero-order chi connectivity index (χ0) is 30.7. The average molecular weight is 641 g/mol. The number of pyridine rings is 1. The van der Waals surface area contributed by atoms with E-state index in [1.54, 1.807) is 4.72 Å². The number of alkyl halides is 1. The molecule has 9 nitrogen and oxygen atoms in total. The van der Waals surface area contributed by atoms with Gasteiger partial charge in [-0.1, -0.05) is 17.7 Å². The van der Waals surface area contributed by atoms with Crippen molar-refractivity contribution in [2.24, 2.45) is 0 Å². The van der Waals surface area contributed by atoms with Crippen molar-refractivity contribution in [3.63, 3.8) is 0 Å². The van der Waals surface area contributed by atoms with E-state index in [4.69, 9.17) is 16.3 Å². The zero-order valence-electron chi connectivity index (χ0n) is 21.9. The molecule has 0 radical (unpaired) electrons. The molecule has 3 heterocycles. The molecule has 0 bridgehead atoms. The van der Waals surface area contributed by atoms with Crippen LogP contribution in [0.1, 0.15) is 12.0 Å². The SMILES string of the molecule is O=S(=O)(Cc1ccc(F)c(Cl)c1)Nc1c(F)cc(Oc2ncccc2-c2ccnc(N[C@@H]3CNC[C@@H](F)C3)n2)c(F)c1F. The predicted octanol–water partition coefficient (Wildman–Crippen LogP) is 5.59. The molecule has 2 aromatic heterocycles. The fourth-order valence-corrected chi connectivity index (χ4v) is 5.71. The fraction of sp³-hybridized carbons (Fsp3) is 0.222. The molecule has 3 N–H and O–H groups in total. The van der Waals surface area contributed by atoms with Gasteiger partial charge in [0.2, 0.25) is 27.7 Å². The van der Waals surface area contributed by atoms with Gasteiger partial charge in [0.25, 0.3) is 0 Å². The van der Waals surface area contributed by atoms with Gasteiger partial charge in [-0.2, -0.15) is 4.39 Å². The number of halogens is 6. The highest BCUT2D eigenvalue weighted by atomic mass is 35.5. The summed E-state index contributed by atoms with van der Waals surface area (Å²) in [6.07, 6.45) is 1.94. The van der Waals surface area contributed by atoms with Gasteiger partial charge >= 0.3 is 0 Å². The molecule has 43 heavy (non-hydrogen) atoms. The smallest absolute Gasteiger partial charge is 0.237 e. The molecule has 1 fully saturated rings. The molecule has 5 rings (SSSR count). The van der Waals surface area contributed by atoms with Crippen molar-refractivity contribution in [1.82, 2.24) is 20.3 Å². The Kier molecular flexibility index (Phi) is 8.94. The standard InChI is InChI=1S/C27H22ClF5N6O3S/c28-18-8-14(3-4-19(18)30)13-43(40,41)39-25-20(31)10-22(23(32)24(25)33)42-26-17(2-1-6-35-26)21-5-7-36-27(38-21)37-16-9-15(29)11-34-12-16/h1-8,10,15-16,34,39H,9,11-13H2,(H,36,37,38)/t15-,16-/m0/s1. The minimum absolute atomic E-state index is 0.0212. The summed E-state index contributed by atoms with van der Waals surface area (Å²) in [5.41, 5.74) is -0.791. The molecule has 0 unspecified atom stereocenters. The van der Waals surface area contributed by atoms with Crippen molar-refractivity contribution in [2.75, 3.05) is 23.1 Å². The molecule has 1 aliphatic heterocycles. The fourth-order valence-electron chi connectivity index (χ4n) is 4.31. The topological polar surface area (TPSA) is 118 Å². The van der Waals surface area contributed by atoms with E-state index in [-0.39, 0.29) is 52.7 Å². The van der Waals surface area contributed by atoms with Crippen molar-refractivity contribution in [1.29, 1.82) is 0 Å². The van der Waals surface area contributed by atoms with Gasteiger partial charge in [0, 0.05) is 44.0 Å². The lowest BCUT2D eigenvalue weighted by Crippen LogP contribution is -2.44. The number of anilines is 2. The van der Waals surface area contributed by atoms with Crippen LogP contribution >= 0.6 is 11.6 Å². The minimum atomic E-state index is -4.49. The average Bonchev–Trinajstić information content (AvgIpc) is 2.96. The Labute approximate surface area is 247 Å². The summed E-state index contributed by atoms with van der Waals surface area (Å²) in [7, 11) is -4.49. The quantitative estimate of drug-likeness (QED) is 0.160. The van der Waals surface area contributed by atoms with Crippen LogP contribution in [0, 0.1) is 23.3 Å². The first-order valence-corrected chi connectivity index (χ1v) is 14.7. The number of benzene rings is 2. The van der Waals surface area contributed by atoms with Gasteiger partial charge in [0.05, 0.1) is 22.0 Å². The third-order valence-corrected chi connectivity index (χ3v) is 7.78. The van der Waals surface area contributed by atoms with Gasteiger partial charge in [0.15, 0.2) is 17.4 Å². The van der Waals surface area contributed by atoms with Crippen LogP contribution in [0.3, 0.4) is 0 Å². The zero-order valence-corrected chi connectivity index (χ0v) is 23.5. The van der Waals surface area contributed by atoms with Crippen LogP contribution in [-0.4, -0.2) is 48.7 Å². The summed E-state index contributed by atoms with van der Waals surface area (Å²) < 4.78 is 104. The largest absolute Gasteiger partial charge is 0.435 e. The summed E-state index contributed by atoms with van der Waals surface area (Å²) in [5, 5.41) is 5.64. The van der Waals surface area contributed by atoms with E-state index in [9.17, 15) is 26.0 Å². The van der Waals surface area contributed by atoms with Gasteiger partial charge in [-0.05, 0) is 35.9 Å². The van der Waals surface area contributed by atoms with Crippen LogP contribution in [0.2, 0.25) is 5.02 Å². The van der Waals surface area contributed by atoms with Crippen molar-refractivity contribution >= 4 is 33.3 Å². The highest BCUT2D eigenvalue weighted by Crippen LogP contribution is 2.36. The molecule has 0 spiro atoms. The first-order chi connectivity index (χ1) is 20.5. The van der Waals surface area contributed by atoms with Gasteiger partial charge in [-0.3, -0.25) is 4.72 Å². The maximum atomic E-state index is 15.1. The Morgan fingerprint density at radius 1 is 1.00 bits per heavy atom. The van der Waals surface area contributed by atoms with Crippen LogP contribution in [0.25, 0.3) is 11.3 Å². The summed E-state index contributed by atoms with van der Waals surface area (Å²) in [4.78, 5) is 12.5. The number of rotatable bonds is 9. The first kappa shape index (κ1) is 30.4. The molecule has 0 amide bonds. The highest BCUT2D eigenvalue weighted by molar-refractivity contribution is 7.91. The number of aromatic nitrogens is 3. The van der Waals surface area contributed by atoms with E-state index in [1.165, 1.54) is 30.6 Å². The van der Waals surface area contributed by atoms with Crippen molar-refractivity contribution in [2.45, 2.75) is 24.4 Å². The molecule has 0 aliphatic carbocycles. The number of nitrogens with zero attached hydrogens (tertiary/aromatic N) is 3. The molecular weight excluding hydrogens is 619 g/mol. The Morgan fingerprint density at radius 3 is 2.58 bits per heavy atom. The lowest BCUT2D eigenvalue weighted by molar-refractivity contribution is 0.254. The summed E-state index contributed by atoms with van der Waals surface area (Å²) in [6, 6.07) is 7.82. The maximum absolute atomic E-state index is 15.1. The second-order valence-electron chi connectivity index (χ2n) is 9.53. The number of piperidine rings is 1. The summed E-state index contributed by atoms with van der Waals surface area (Å²) >= 11 is 5.66. The van der Waals surface area contributed by atoms with E-state index in [1.807, 2.05) is 0 Å². The number of hydrogen-bond acceptors (Lipinski definition) is 8. The van der Waals surface area contributed by atoms with Crippen LogP contribution in [0.4, 0.5) is 33.6 Å². The third kappa shape index (κ3) is 7.29. The molecule has 226 valence electrons. The number of ether oxygens (including phenoxy) is 1. The normalized spacial score (nSPS) is 17.0. The summed E-state index contributed by atoms with van der Waals surface area (Å²) in [5.74, 6) is -7.67. The Bertz CT molecular complexity index is 1770. The first-order valence-electron chi connectivity index (χ1n) is 12.7. The second-order valence-corrected chi connectivity index (χ2v) is 11.7. The van der Waals surface area contributed by atoms with E-state index in [0.29, 0.717) is 12.6 Å². The molecule has 1 saturated heterocycles. The molecule has 2 aromatic carbocycles. The van der Waals surface area contributed by atoms with Crippen LogP contribution in [0.15, 0.2) is 54.9 Å². The maximum Gasteiger partial charge on any atom is 0.237 e. The van der Waals surface area contributed by atoms with Gasteiger partial charge in [-0.15, -0.1) is 0 Å². The number of hydrogen-bond donors (Lipinski definition) is 3. The van der Waals surface area contributed by atoms with Gasteiger partial charge in [-0.25, -0.2) is 40.9 Å². The van der Waals surface area contributed by atoms with Crippen LogP contribution < -0.4 is 20.1 Å². The molecule has 2 atom stereocenters. The minimum Gasteiger partial charge on any atom is -0.435 e. The second kappa shape index (κ2) is 12.7. The highest BCUT2D eigenvalue weighted by Gasteiger charge is 2.26. The monoisotopic (exact) mass is 640 g/mol. The van der Waals surface area contributed by atoms with E-state index in [0.717, 1.165) is 18.2 Å². The van der Waals surface area contributed by atoms with Crippen LogP contribution in [0.5, 0.6) is 11.6 Å². The van der Waals surface area contributed by atoms with E-state index >= 15 is 4.39 Å². The molecule has 0 saturated carbocycles. The molecular formula is C27H22ClF5N6O3S. The lowest BCUT2D eigenvalue weighted by atomic mass is 10.1. The Hall–Kier alpha value is -4.08. The molecule has 1 aliphatic rings. The Morgan fingerprint density at radius 2 is 1.81 bits per heavy atom. The third-order valence-electron chi connectivity index (χ3n) is 6.26. The lowest BCUT2D eigenvalue weighted by Gasteiger charge is -2.26. The Balaban J connectivity index is 1.37. The van der Waals surface area contributed by atoms with Gasteiger partial charge < -0.3 is 15.4 Å². The summed E-state index contributed by atoms with van der Waals surface area (Å²) in [6.45, 7) is 0.754. The van der Waals surface area contributed by atoms with E-state index < -0.39 is 56.7 Å². The molecule has 16 heteroatoms. The number of nitrogens with one attached hydrogen (secondary N) is 3. The number of sulfonamides is 1.